The number of ether oxygens (including phenoxy) is 1. The van der Waals surface area contributed by atoms with Gasteiger partial charge in [0.15, 0.2) is 0 Å². The second-order valence-electron chi connectivity index (χ2n) is 4.92. The van der Waals surface area contributed by atoms with E-state index in [9.17, 15) is 9.59 Å². The van der Waals surface area contributed by atoms with Gasteiger partial charge in [0.25, 0.3) is 0 Å². The van der Waals surface area contributed by atoms with Gasteiger partial charge >= 0.3 is 0 Å². The van der Waals surface area contributed by atoms with Gasteiger partial charge in [-0.2, -0.15) is 5.10 Å². The van der Waals surface area contributed by atoms with Crippen LogP contribution in [-0.4, -0.2) is 25.1 Å². The van der Waals surface area contributed by atoms with Crippen molar-refractivity contribution in [3.8, 4) is 5.75 Å². The lowest BCUT2D eigenvalue weighted by atomic mass is 10.2. The van der Waals surface area contributed by atoms with Crippen LogP contribution in [0.1, 0.15) is 12.0 Å². The Balaban J connectivity index is 1.83. The number of hydrogen-bond donors (Lipinski definition) is 2. The predicted octanol–water partition coefficient (Wildman–Crippen LogP) is 3.48. The van der Waals surface area contributed by atoms with Crippen LogP contribution in [0.4, 0.5) is 5.69 Å². The van der Waals surface area contributed by atoms with Crippen molar-refractivity contribution in [3.05, 3.63) is 58.1 Å². The molecule has 0 saturated carbocycles. The molecule has 25 heavy (non-hydrogen) atoms. The van der Waals surface area contributed by atoms with Crippen molar-refractivity contribution >= 4 is 46.9 Å². The van der Waals surface area contributed by atoms with Gasteiger partial charge in [-0.25, -0.2) is 5.43 Å². The molecule has 8 heteroatoms. The van der Waals surface area contributed by atoms with E-state index in [0.717, 1.165) is 5.56 Å². The molecule has 0 radical (unpaired) electrons. The van der Waals surface area contributed by atoms with Crippen LogP contribution in [0.3, 0.4) is 0 Å². The number of hydrogen-bond acceptors (Lipinski definition) is 4. The van der Waals surface area contributed by atoms with E-state index < -0.39 is 11.8 Å². The topological polar surface area (TPSA) is 79.8 Å². The highest BCUT2D eigenvalue weighted by Gasteiger charge is 2.09. The van der Waals surface area contributed by atoms with Crippen LogP contribution >= 0.6 is 23.2 Å². The fraction of sp³-hybridized carbons (Fsp3) is 0.118. The van der Waals surface area contributed by atoms with E-state index >= 15 is 0 Å². The lowest BCUT2D eigenvalue weighted by Gasteiger charge is -2.05. The molecule has 0 bridgehead atoms. The molecule has 0 atom stereocenters. The Morgan fingerprint density at radius 1 is 1.12 bits per heavy atom. The summed E-state index contributed by atoms with van der Waals surface area (Å²) in [6.45, 7) is 0. The van der Waals surface area contributed by atoms with Crippen LogP contribution in [-0.2, 0) is 9.59 Å². The molecule has 2 rings (SSSR count). The number of methoxy groups -OCH3 is 1. The fourth-order valence-electron chi connectivity index (χ4n) is 1.87. The largest absolute Gasteiger partial charge is 0.497 e. The molecule has 0 saturated heterocycles. The first-order chi connectivity index (χ1) is 12.0. The summed E-state index contributed by atoms with van der Waals surface area (Å²) in [5.41, 5.74) is 3.49. The number of anilines is 1. The molecule has 0 unspecified atom stereocenters. The van der Waals surface area contributed by atoms with Crippen molar-refractivity contribution in [3.63, 3.8) is 0 Å². The molecule has 0 aliphatic carbocycles. The smallest absolute Gasteiger partial charge is 0.249 e. The molecule has 2 aromatic rings. The van der Waals surface area contributed by atoms with Gasteiger partial charge in [0.1, 0.15) is 12.2 Å². The minimum absolute atomic E-state index is 0.312. The van der Waals surface area contributed by atoms with E-state index in [0.29, 0.717) is 21.5 Å². The SMILES string of the molecule is COc1cccc(/C=N\NC(=O)CC(=O)Nc2ccc(Cl)c(Cl)c2)c1. The van der Waals surface area contributed by atoms with Crippen LogP contribution in [0.5, 0.6) is 5.75 Å². The maximum absolute atomic E-state index is 11.8. The summed E-state index contributed by atoms with van der Waals surface area (Å²) >= 11 is 11.7. The number of halogens is 2. The first-order valence-corrected chi connectivity index (χ1v) is 7.94. The molecule has 6 nitrogen and oxygen atoms in total. The molecule has 2 N–H and O–H groups in total. The van der Waals surface area contributed by atoms with Crippen molar-refractivity contribution in [2.75, 3.05) is 12.4 Å². The molecule has 0 spiro atoms. The number of carbonyl (C=O) groups is 2. The summed E-state index contributed by atoms with van der Waals surface area (Å²) in [5, 5.41) is 7.05. The summed E-state index contributed by atoms with van der Waals surface area (Å²) in [6, 6.07) is 11.8. The summed E-state index contributed by atoms with van der Waals surface area (Å²) in [5.74, 6) is -0.361. The maximum atomic E-state index is 11.8. The van der Waals surface area contributed by atoms with Gasteiger partial charge < -0.3 is 10.1 Å². The summed E-state index contributed by atoms with van der Waals surface area (Å²) in [4.78, 5) is 23.5. The van der Waals surface area contributed by atoms with E-state index in [1.54, 1.807) is 43.5 Å². The van der Waals surface area contributed by atoms with E-state index in [1.165, 1.54) is 12.3 Å². The van der Waals surface area contributed by atoms with Crippen LogP contribution in [0.15, 0.2) is 47.6 Å². The lowest BCUT2D eigenvalue weighted by molar-refractivity contribution is -0.126. The van der Waals surface area contributed by atoms with Crippen molar-refractivity contribution < 1.29 is 14.3 Å². The van der Waals surface area contributed by atoms with Crippen molar-refractivity contribution in [1.29, 1.82) is 0 Å². The van der Waals surface area contributed by atoms with E-state index in [4.69, 9.17) is 27.9 Å². The van der Waals surface area contributed by atoms with Crippen LogP contribution < -0.4 is 15.5 Å². The monoisotopic (exact) mass is 379 g/mol. The van der Waals surface area contributed by atoms with Crippen molar-refractivity contribution in [2.45, 2.75) is 6.42 Å². The molecule has 130 valence electrons. The van der Waals surface area contributed by atoms with Crippen molar-refractivity contribution in [2.24, 2.45) is 5.10 Å². The molecule has 0 fully saturated rings. The zero-order valence-electron chi connectivity index (χ0n) is 13.3. The number of carbonyl (C=O) groups excluding carboxylic acids is 2. The van der Waals surface area contributed by atoms with Gasteiger partial charge in [-0.1, -0.05) is 35.3 Å². The first-order valence-electron chi connectivity index (χ1n) is 7.19. The highest BCUT2D eigenvalue weighted by atomic mass is 35.5. The Labute approximate surface area is 154 Å². The number of benzene rings is 2. The summed E-state index contributed by atoms with van der Waals surface area (Å²) in [7, 11) is 1.56. The summed E-state index contributed by atoms with van der Waals surface area (Å²) < 4.78 is 5.09. The molecular weight excluding hydrogens is 365 g/mol. The number of nitrogens with one attached hydrogen (secondary N) is 2. The van der Waals surface area contributed by atoms with E-state index in [2.05, 4.69) is 15.8 Å². The minimum atomic E-state index is -0.545. The Morgan fingerprint density at radius 3 is 2.64 bits per heavy atom. The van der Waals surface area contributed by atoms with Gasteiger partial charge in [0.2, 0.25) is 11.8 Å². The highest BCUT2D eigenvalue weighted by molar-refractivity contribution is 6.42. The van der Waals surface area contributed by atoms with Gasteiger partial charge in [-0.05, 0) is 35.9 Å². The van der Waals surface area contributed by atoms with Crippen LogP contribution in [0, 0.1) is 0 Å². The third kappa shape index (κ3) is 6.10. The van der Waals surface area contributed by atoms with Gasteiger partial charge in [-0.3, -0.25) is 9.59 Å². The Kier molecular flexibility index (Phi) is 6.80. The average molecular weight is 380 g/mol. The second-order valence-corrected chi connectivity index (χ2v) is 5.74. The molecule has 0 aliphatic rings. The predicted molar refractivity (Wildman–Crippen MR) is 98.4 cm³/mol. The number of rotatable bonds is 6. The standard InChI is InChI=1S/C17H15Cl2N3O3/c1-25-13-4-2-3-11(7-13)10-20-22-17(24)9-16(23)21-12-5-6-14(18)15(19)8-12/h2-8,10H,9H2,1H3,(H,21,23)(H,22,24)/b20-10-. The number of nitrogens with zero attached hydrogens (tertiary/aromatic N) is 1. The van der Waals surface area contributed by atoms with Gasteiger partial charge in [0, 0.05) is 5.69 Å². The maximum Gasteiger partial charge on any atom is 0.249 e. The first kappa shape index (κ1) is 18.8. The summed E-state index contributed by atoms with van der Waals surface area (Å²) in [6.07, 6.45) is 1.08. The third-order valence-electron chi connectivity index (χ3n) is 3.02. The lowest BCUT2D eigenvalue weighted by Crippen LogP contribution is -2.24. The van der Waals surface area contributed by atoms with Gasteiger partial charge in [0.05, 0.1) is 23.4 Å². The Hall–Kier alpha value is -2.57. The number of amides is 2. The molecule has 0 heterocycles. The van der Waals surface area contributed by atoms with Crippen LogP contribution in [0.2, 0.25) is 10.0 Å². The third-order valence-corrected chi connectivity index (χ3v) is 3.76. The van der Waals surface area contributed by atoms with Gasteiger partial charge in [-0.15, -0.1) is 0 Å². The molecule has 0 aliphatic heterocycles. The van der Waals surface area contributed by atoms with Crippen LogP contribution in [0.25, 0.3) is 0 Å². The molecular formula is C17H15Cl2N3O3. The highest BCUT2D eigenvalue weighted by Crippen LogP contribution is 2.25. The van der Waals surface area contributed by atoms with Crippen molar-refractivity contribution in [1.82, 2.24) is 5.43 Å². The molecule has 2 amide bonds. The Morgan fingerprint density at radius 2 is 1.92 bits per heavy atom. The fourth-order valence-corrected chi connectivity index (χ4v) is 2.16. The quantitative estimate of drug-likeness (QED) is 0.458. The Bertz CT molecular complexity index is 809. The normalized spacial score (nSPS) is 10.5. The van der Waals surface area contributed by atoms with E-state index in [1.807, 2.05) is 0 Å². The zero-order chi connectivity index (χ0) is 18.2. The molecule has 2 aromatic carbocycles. The minimum Gasteiger partial charge on any atom is -0.497 e. The molecule has 0 aromatic heterocycles. The van der Waals surface area contributed by atoms with E-state index in [-0.39, 0.29) is 6.42 Å². The second kappa shape index (κ2) is 9.05. The average Bonchev–Trinajstić information content (AvgIpc) is 2.58. The number of hydrazone groups is 1. The zero-order valence-corrected chi connectivity index (χ0v) is 14.8.